The van der Waals surface area contributed by atoms with Crippen molar-refractivity contribution in [3.63, 3.8) is 0 Å². The average Bonchev–Trinajstić information content (AvgIpc) is 2.89. The minimum Gasteiger partial charge on any atom is -0.348 e. The van der Waals surface area contributed by atoms with Crippen LogP contribution >= 0.6 is 11.8 Å². The molecule has 0 saturated carbocycles. The van der Waals surface area contributed by atoms with Crippen molar-refractivity contribution in [3.05, 3.63) is 11.9 Å². The normalized spacial score (nSPS) is 19.8. The molecule has 2 heterocycles. The molecule has 0 bridgehead atoms. The Morgan fingerprint density at radius 1 is 1.59 bits per heavy atom. The van der Waals surface area contributed by atoms with Crippen molar-refractivity contribution in [1.82, 2.24) is 14.9 Å². The zero-order valence-corrected chi connectivity index (χ0v) is 11.8. The maximum absolute atomic E-state index is 4.41. The van der Waals surface area contributed by atoms with E-state index in [-0.39, 0.29) is 0 Å². The van der Waals surface area contributed by atoms with Crippen molar-refractivity contribution in [2.24, 2.45) is 7.05 Å². The maximum Gasteiger partial charge on any atom is 0.204 e. The first kappa shape index (κ1) is 12.8. The maximum atomic E-state index is 4.41. The van der Waals surface area contributed by atoms with Crippen molar-refractivity contribution in [2.75, 3.05) is 31.3 Å². The van der Waals surface area contributed by atoms with Crippen LogP contribution in [0.1, 0.15) is 18.5 Å². The smallest absolute Gasteiger partial charge is 0.204 e. The van der Waals surface area contributed by atoms with Crippen LogP contribution in [0.4, 0.5) is 5.95 Å². The number of anilines is 1. The number of nitrogens with zero attached hydrogens (tertiary/aromatic N) is 3. The molecule has 1 aliphatic rings. The van der Waals surface area contributed by atoms with E-state index in [0.29, 0.717) is 0 Å². The van der Waals surface area contributed by atoms with Crippen LogP contribution in [0.3, 0.4) is 0 Å². The van der Waals surface area contributed by atoms with Crippen molar-refractivity contribution in [3.8, 4) is 0 Å². The summed E-state index contributed by atoms with van der Waals surface area (Å²) in [5, 5.41) is 4.35. The van der Waals surface area contributed by atoms with Crippen LogP contribution in [-0.4, -0.2) is 41.2 Å². The summed E-state index contributed by atoms with van der Waals surface area (Å²) in [6, 6.07) is 0. The Labute approximate surface area is 108 Å². The van der Waals surface area contributed by atoms with Crippen molar-refractivity contribution < 1.29 is 0 Å². The molecule has 96 valence electrons. The number of thioether (sulfide) groups is 1. The fraction of sp³-hybridized carbons (Fsp3) is 0.750. The molecule has 0 radical (unpaired) electrons. The highest BCUT2D eigenvalue weighted by atomic mass is 32.2. The van der Waals surface area contributed by atoms with Gasteiger partial charge in [0.25, 0.3) is 0 Å². The monoisotopic (exact) mass is 254 g/mol. The van der Waals surface area contributed by atoms with Gasteiger partial charge < -0.3 is 14.8 Å². The van der Waals surface area contributed by atoms with Gasteiger partial charge in [-0.15, -0.1) is 0 Å². The fourth-order valence-electron chi connectivity index (χ4n) is 2.18. The number of aromatic nitrogens is 2. The highest BCUT2D eigenvalue weighted by Gasteiger charge is 2.15. The van der Waals surface area contributed by atoms with Crippen LogP contribution in [0, 0.1) is 0 Å². The van der Waals surface area contributed by atoms with Crippen molar-refractivity contribution >= 4 is 17.7 Å². The molecule has 1 saturated heterocycles. The molecular formula is C12H22N4S. The highest BCUT2D eigenvalue weighted by Crippen LogP contribution is 2.25. The first-order valence-corrected chi connectivity index (χ1v) is 7.23. The van der Waals surface area contributed by atoms with E-state index < -0.39 is 0 Å². The summed E-state index contributed by atoms with van der Waals surface area (Å²) >= 11 is 2.10. The second kappa shape index (κ2) is 5.78. The molecule has 0 spiro atoms. The number of hydrogen-bond donors (Lipinski definition) is 1. The van der Waals surface area contributed by atoms with Crippen LogP contribution in [0.5, 0.6) is 0 Å². The lowest BCUT2D eigenvalue weighted by atomic mass is 10.2. The van der Waals surface area contributed by atoms with Crippen LogP contribution < -0.4 is 10.2 Å². The third-order valence-corrected chi connectivity index (χ3v) is 4.56. The second-order valence-corrected chi connectivity index (χ2v) is 6.18. The Morgan fingerprint density at radius 2 is 2.41 bits per heavy atom. The predicted octanol–water partition coefficient (Wildman–Crippen LogP) is 1.47. The lowest BCUT2D eigenvalue weighted by Crippen LogP contribution is -2.24. The standard InChI is InChI=1S/C12H22N4S/c1-15(2)12-14-8-10(16(12)3)7-13-9-11-5-4-6-17-11/h8,11,13H,4-7,9H2,1-3H3. The topological polar surface area (TPSA) is 33.1 Å². The third kappa shape index (κ3) is 3.16. The Kier molecular flexibility index (Phi) is 4.34. The van der Waals surface area contributed by atoms with Gasteiger partial charge in [0, 0.05) is 39.5 Å². The molecule has 1 aromatic heterocycles. The Bertz CT molecular complexity index is 355. The minimum absolute atomic E-state index is 0.816. The zero-order valence-electron chi connectivity index (χ0n) is 10.9. The van der Waals surface area contributed by atoms with E-state index in [1.54, 1.807) is 0 Å². The molecule has 0 amide bonds. The van der Waals surface area contributed by atoms with Crippen LogP contribution in [0.25, 0.3) is 0 Å². The molecule has 4 nitrogen and oxygen atoms in total. The summed E-state index contributed by atoms with van der Waals surface area (Å²) in [6.07, 6.45) is 4.71. The lowest BCUT2D eigenvalue weighted by Gasteiger charge is -2.13. The van der Waals surface area contributed by atoms with Gasteiger partial charge >= 0.3 is 0 Å². The van der Waals surface area contributed by atoms with E-state index >= 15 is 0 Å². The van der Waals surface area contributed by atoms with Gasteiger partial charge in [-0.25, -0.2) is 4.98 Å². The van der Waals surface area contributed by atoms with Crippen LogP contribution in [0.2, 0.25) is 0 Å². The molecule has 1 fully saturated rings. The van der Waals surface area contributed by atoms with Gasteiger partial charge in [0.1, 0.15) is 0 Å². The van der Waals surface area contributed by atoms with E-state index in [0.717, 1.165) is 24.3 Å². The van der Waals surface area contributed by atoms with Gasteiger partial charge in [0.2, 0.25) is 5.95 Å². The first-order valence-electron chi connectivity index (χ1n) is 6.18. The van der Waals surface area contributed by atoms with E-state index in [9.17, 15) is 0 Å². The Morgan fingerprint density at radius 3 is 3.00 bits per heavy atom. The fourth-order valence-corrected chi connectivity index (χ4v) is 3.42. The SMILES string of the molecule is CN(C)c1ncc(CNCC2CCCS2)n1C. The van der Waals surface area contributed by atoms with Crippen LogP contribution in [0.15, 0.2) is 6.20 Å². The number of imidazole rings is 1. The van der Waals surface area contributed by atoms with Gasteiger partial charge in [0.05, 0.1) is 11.9 Å². The zero-order chi connectivity index (χ0) is 12.3. The second-order valence-electron chi connectivity index (χ2n) is 4.77. The number of nitrogens with one attached hydrogen (secondary N) is 1. The molecule has 1 aromatic rings. The van der Waals surface area contributed by atoms with E-state index in [4.69, 9.17) is 0 Å². The number of rotatable bonds is 5. The summed E-state index contributed by atoms with van der Waals surface area (Å²) in [5.74, 6) is 2.35. The molecule has 1 unspecified atom stereocenters. The number of hydrogen-bond acceptors (Lipinski definition) is 4. The molecule has 0 aliphatic carbocycles. The van der Waals surface area contributed by atoms with Gasteiger partial charge in [-0.05, 0) is 18.6 Å². The Balaban J connectivity index is 1.82. The lowest BCUT2D eigenvalue weighted by molar-refractivity contribution is 0.623. The van der Waals surface area contributed by atoms with E-state index in [1.165, 1.54) is 24.3 Å². The van der Waals surface area contributed by atoms with E-state index in [1.807, 2.05) is 25.2 Å². The molecule has 1 N–H and O–H groups in total. The molecule has 17 heavy (non-hydrogen) atoms. The Hall–Kier alpha value is -0.680. The molecule has 1 aliphatic heterocycles. The van der Waals surface area contributed by atoms with Crippen molar-refractivity contribution in [1.29, 1.82) is 0 Å². The molecule has 2 rings (SSSR count). The summed E-state index contributed by atoms with van der Waals surface area (Å²) in [4.78, 5) is 6.45. The van der Waals surface area contributed by atoms with Gasteiger partial charge in [-0.1, -0.05) is 0 Å². The molecular weight excluding hydrogens is 232 g/mol. The molecule has 5 heteroatoms. The summed E-state index contributed by atoms with van der Waals surface area (Å²) in [5.41, 5.74) is 1.25. The van der Waals surface area contributed by atoms with E-state index in [2.05, 4.69) is 33.7 Å². The van der Waals surface area contributed by atoms with Crippen LogP contribution in [-0.2, 0) is 13.6 Å². The molecule has 0 aromatic carbocycles. The summed E-state index contributed by atoms with van der Waals surface area (Å²) < 4.78 is 2.15. The predicted molar refractivity (Wildman–Crippen MR) is 74.7 cm³/mol. The van der Waals surface area contributed by atoms with Crippen molar-refractivity contribution in [2.45, 2.75) is 24.6 Å². The quantitative estimate of drug-likeness (QED) is 0.862. The first-order chi connectivity index (χ1) is 8.18. The summed E-state index contributed by atoms with van der Waals surface area (Å²) in [6.45, 7) is 2.03. The average molecular weight is 254 g/mol. The van der Waals surface area contributed by atoms with Gasteiger partial charge in [-0.2, -0.15) is 11.8 Å². The largest absolute Gasteiger partial charge is 0.348 e. The minimum atomic E-state index is 0.816. The van der Waals surface area contributed by atoms with Gasteiger partial charge in [-0.3, -0.25) is 0 Å². The third-order valence-electron chi connectivity index (χ3n) is 3.16. The van der Waals surface area contributed by atoms with Gasteiger partial charge in [0.15, 0.2) is 0 Å². The highest BCUT2D eigenvalue weighted by molar-refractivity contribution is 8.00. The molecule has 1 atom stereocenters. The summed E-state index contributed by atoms with van der Waals surface area (Å²) in [7, 11) is 6.12.